The fourth-order valence-corrected chi connectivity index (χ4v) is 6.08. The number of aliphatic carboxylic acids is 1. The maximum Gasteiger partial charge on any atom is 0.326 e. The summed E-state index contributed by atoms with van der Waals surface area (Å²) in [6.07, 6.45) is 2.35. The number of carboxylic acids is 1. The van der Waals surface area contributed by atoms with Gasteiger partial charge in [-0.15, -0.1) is 0 Å². The Bertz CT molecular complexity index is 1600. The summed E-state index contributed by atoms with van der Waals surface area (Å²) in [7, 11) is 0. The zero-order valence-electron chi connectivity index (χ0n) is 23.3. The van der Waals surface area contributed by atoms with E-state index in [1.807, 2.05) is 41.8 Å². The first-order valence-electron chi connectivity index (χ1n) is 14.2. The van der Waals surface area contributed by atoms with Gasteiger partial charge in [0, 0.05) is 39.8 Å². The maximum atomic E-state index is 14.3. The Hall–Kier alpha value is -4.17. The standard InChI is InChI=1S/C33H33ClFN3O4/c1-2-28(33(41)42)38-29-14-10-23(35)18-26(29)27-19-25(13-15-30(27)38)37-32(40)21(16-20-6-4-3-5-7-20)17-31(39)36-24-11-8-22(34)9-12-24/h3-12,14,18,21,25,28H,2,13,15-17,19H2,1H3,(H,36,39)(H,37,40)(H,41,42)/t21-,25-,28?/m0/s1. The van der Waals surface area contributed by atoms with Gasteiger partial charge >= 0.3 is 5.97 Å². The molecular formula is C33H33ClFN3O4. The van der Waals surface area contributed by atoms with Crippen LogP contribution >= 0.6 is 11.6 Å². The highest BCUT2D eigenvalue weighted by molar-refractivity contribution is 6.30. The molecule has 1 aliphatic carbocycles. The Kier molecular flexibility index (Phi) is 8.92. The van der Waals surface area contributed by atoms with Crippen molar-refractivity contribution < 1.29 is 23.9 Å². The molecular weight excluding hydrogens is 557 g/mol. The SMILES string of the molecule is CCC(C(=O)O)n1c2c(c3cc(F)ccc31)C[C@@H](NC(=O)[C@H](CC(=O)Nc1ccc(Cl)cc1)Cc1ccccc1)CC2. The number of rotatable bonds is 10. The second kappa shape index (κ2) is 12.8. The molecule has 0 saturated carbocycles. The van der Waals surface area contributed by atoms with E-state index in [4.69, 9.17) is 11.6 Å². The van der Waals surface area contributed by atoms with Gasteiger partial charge < -0.3 is 20.3 Å². The second-order valence-electron chi connectivity index (χ2n) is 10.8. The normalized spacial score (nSPS) is 15.9. The number of hydrogen-bond donors (Lipinski definition) is 3. The van der Waals surface area contributed by atoms with Crippen LogP contribution in [0.25, 0.3) is 10.9 Å². The molecule has 1 aliphatic rings. The molecule has 1 unspecified atom stereocenters. The van der Waals surface area contributed by atoms with E-state index in [0.717, 1.165) is 16.8 Å². The summed E-state index contributed by atoms with van der Waals surface area (Å²) in [4.78, 5) is 38.7. The van der Waals surface area contributed by atoms with E-state index in [0.29, 0.717) is 53.7 Å². The van der Waals surface area contributed by atoms with E-state index in [1.54, 1.807) is 30.3 Å². The number of carbonyl (C=O) groups is 3. The van der Waals surface area contributed by atoms with E-state index in [1.165, 1.54) is 12.1 Å². The summed E-state index contributed by atoms with van der Waals surface area (Å²) in [5.74, 6) is -2.46. The van der Waals surface area contributed by atoms with Crippen molar-refractivity contribution in [1.29, 1.82) is 0 Å². The molecule has 1 aromatic heterocycles. The maximum absolute atomic E-state index is 14.3. The molecule has 5 rings (SSSR count). The molecule has 0 bridgehead atoms. The molecule has 2 amide bonds. The van der Waals surface area contributed by atoms with Crippen LogP contribution in [0, 0.1) is 11.7 Å². The lowest BCUT2D eigenvalue weighted by Crippen LogP contribution is -2.43. The molecule has 0 spiro atoms. The molecule has 0 radical (unpaired) electrons. The molecule has 3 atom stereocenters. The topological polar surface area (TPSA) is 100 Å². The van der Waals surface area contributed by atoms with Crippen LogP contribution in [0.1, 0.15) is 49.0 Å². The smallest absolute Gasteiger partial charge is 0.326 e. The lowest BCUT2D eigenvalue weighted by Gasteiger charge is -2.28. The largest absolute Gasteiger partial charge is 0.480 e. The van der Waals surface area contributed by atoms with Gasteiger partial charge in [-0.2, -0.15) is 0 Å². The first-order valence-corrected chi connectivity index (χ1v) is 14.5. The van der Waals surface area contributed by atoms with Crippen molar-refractivity contribution >= 4 is 46.0 Å². The molecule has 42 heavy (non-hydrogen) atoms. The molecule has 4 aromatic rings. The zero-order valence-corrected chi connectivity index (χ0v) is 24.0. The molecule has 0 saturated heterocycles. The summed E-state index contributed by atoms with van der Waals surface area (Å²) in [5.41, 5.74) is 3.96. The minimum absolute atomic E-state index is 0.0113. The average Bonchev–Trinajstić information content (AvgIpc) is 3.27. The van der Waals surface area contributed by atoms with Crippen LogP contribution in [-0.4, -0.2) is 33.5 Å². The molecule has 3 N–H and O–H groups in total. The monoisotopic (exact) mass is 589 g/mol. The lowest BCUT2D eigenvalue weighted by atomic mass is 9.89. The Labute approximate surface area is 248 Å². The summed E-state index contributed by atoms with van der Waals surface area (Å²) >= 11 is 5.95. The summed E-state index contributed by atoms with van der Waals surface area (Å²) in [5, 5.41) is 17.1. The number of carboxylic acid groups (broad SMARTS) is 1. The van der Waals surface area contributed by atoms with Gasteiger partial charge in [0.1, 0.15) is 11.9 Å². The fraction of sp³-hybridized carbons (Fsp3) is 0.303. The number of amides is 2. The number of anilines is 1. The number of fused-ring (bicyclic) bond motifs is 3. The van der Waals surface area contributed by atoms with Crippen molar-refractivity contribution in [1.82, 2.24) is 9.88 Å². The van der Waals surface area contributed by atoms with Crippen LogP contribution in [0.2, 0.25) is 5.02 Å². The molecule has 1 heterocycles. The molecule has 7 nitrogen and oxygen atoms in total. The van der Waals surface area contributed by atoms with Gasteiger partial charge in [-0.05, 0) is 85.7 Å². The van der Waals surface area contributed by atoms with Gasteiger partial charge in [0.2, 0.25) is 11.8 Å². The lowest BCUT2D eigenvalue weighted by molar-refractivity contribution is -0.141. The summed E-state index contributed by atoms with van der Waals surface area (Å²) < 4.78 is 16.2. The highest BCUT2D eigenvalue weighted by atomic mass is 35.5. The average molecular weight is 590 g/mol. The first kappa shape index (κ1) is 29.3. The van der Waals surface area contributed by atoms with E-state index >= 15 is 0 Å². The molecule has 0 aliphatic heterocycles. The van der Waals surface area contributed by atoms with Crippen LogP contribution < -0.4 is 10.6 Å². The van der Waals surface area contributed by atoms with Crippen LogP contribution in [-0.2, 0) is 33.6 Å². The number of nitrogens with one attached hydrogen (secondary N) is 2. The minimum Gasteiger partial charge on any atom is -0.480 e. The van der Waals surface area contributed by atoms with Crippen molar-refractivity contribution in [2.75, 3.05) is 5.32 Å². The van der Waals surface area contributed by atoms with Gasteiger partial charge in [0.25, 0.3) is 0 Å². The highest BCUT2D eigenvalue weighted by Gasteiger charge is 2.32. The third kappa shape index (κ3) is 6.49. The quantitative estimate of drug-likeness (QED) is 0.201. The number of hydrogen-bond acceptors (Lipinski definition) is 3. The van der Waals surface area contributed by atoms with Gasteiger partial charge in [-0.25, -0.2) is 9.18 Å². The number of benzene rings is 3. The van der Waals surface area contributed by atoms with Gasteiger partial charge in [-0.1, -0.05) is 48.9 Å². The van der Waals surface area contributed by atoms with Crippen molar-refractivity contribution in [2.24, 2.45) is 5.92 Å². The molecule has 9 heteroatoms. The van der Waals surface area contributed by atoms with Crippen molar-refractivity contribution in [3.63, 3.8) is 0 Å². The van der Waals surface area contributed by atoms with Gasteiger partial charge in [-0.3, -0.25) is 9.59 Å². The molecule has 3 aromatic carbocycles. The highest BCUT2D eigenvalue weighted by Crippen LogP contribution is 2.36. The van der Waals surface area contributed by atoms with Crippen LogP contribution in [0.3, 0.4) is 0 Å². The number of carbonyl (C=O) groups excluding carboxylic acids is 2. The van der Waals surface area contributed by atoms with Gasteiger partial charge in [0.15, 0.2) is 0 Å². The number of nitrogens with zero attached hydrogens (tertiary/aromatic N) is 1. The molecule has 218 valence electrons. The number of halogens is 2. The predicted molar refractivity (Wildman–Crippen MR) is 161 cm³/mol. The third-order valence-electron chi connectivity index (χ3n) is 7.95. The zero-order chi connectivity index (χ0) is 29.8. The fourth-order valence-electron chi connectivity index (χ4n) is 5.96. The summed E-state index contributed by atoms with van der Waals surface area (Å²) in [6, 6.07) is 19.8. The van der Waals surface area contributed by atoms with E-state index in [2.05, 4.69) is 10.6 Å². The van der Waals surface area contributed by atoms with Crippen LogP contribution in [0.15, 0.2) is 72.8 Å². The van der Waals surface area contributed by atoms with Crippen molar-refractivity contribution in [3.05, 3.63) is 100 Å². The number of aromatic nitrogens is 1. The van der Waals surface area contributed by atoms with E-state index < -0.39 is 23.7 Å². The summed E-state index contributed by atoms with van der Waals surface area (Å²) in [6.45, 7) is 1.82. The van der Waals surface area contributed by atoms with Crippen molar-refractivity contribution in [2.45, 2.75) is 57.5 Å². The van der Waals surface area contributed by atoms with Crippen LogP contribution in [0.4, 0.5) is 10.1 Å². The van der Waals surface area contributed by atoms with Crippen LogP contribution in [0.5, 0.6) is 0 Å². The Morgan fingerprint density at radius 2 is 1.81 bits per heavy atom. The third-order valence-corrected chi connectivity index (χ3v) is 8.20. The Balaban J connectivity index is 1.37. The van der Waals surface area contributed by atoms with E-state index in [-0.39, 0.29) is 24.3 Å². The van der Waals surface area contributed by atoms with Gasteiger partial charge in [0.05, 0.1) is 5.92 Å². The van der Waals surface area contributed by atoms with E-state index in [9.17, 15) is 23.9 Å². The molecule has 0 fully saturated rings. The Morgan fingerprint density at radius 3 is 2.50 bits per heavy atom. The van der Waals surface area contributed by atoms with Crippen molar-refractivity contribution in [3.8, 4) is 0 Å². The Morgan fingerprint density at radius 1 is 1.07 bits per heavy atom. The minimum atomic E-state index is -0.933. The predicted octanol–water partition coefficient (Wildman–Crippen LogP) is 6.33. The second-order valence-corrected chi connectivity index (χ2v) is 11.2. The first-order chi connectivity index (χ1) is 20.2.